The minimum atomic E-state index is -0.348. The highest BCUT2D eigenvalue weighted by Gasteiger charge is 2.26. The van der Waals surface area contributed by atoms with Gasteiger partial charge < -0.3 is 9.84 Å². The van der Waals surface area contributed by atoms with Crippen LogP contribution in [0.15, 0.2) is 15.9 Å². The Morgan fingerprint density at radius 3 is 3.00 bits per heavy atom. The van der Waals surface area contributed by atoms with Gasteiger partial charge in [0.2, 0.25) is 0 Å². The van der Waals surface area contributed by atoms with E-state index in [9.17, 15) is 5.11 Å². The molecule has 0 aliphatic carbocycles. The molecule has 1 saturated heterocycles. The Hall–Kier alpha value is 0.1000. The van der Waals surface area contributed by atoms with Crippen molar-refractivity contribution in [3.8, 4) is 0 Å². The molecule has 0 aromatic carbocycles. The third kappa shape index (κ3) is 2.13. The lowest BCUT2D eigenvalue weighted by molar-refractivity contribution is 0.0945. The van der Waals surface area contributed by atoms with Crippen molar-refractivity contribution in [1.82, 2.24) is 0 Å². The van der Waals surface area contributed by atoms with Gasteiger partial charge in [0.05, 0.1) is 16.5 Å². The first-order valence-corrected chi connectivity index (χ1v) is 5.89. The van der Waals surface area contributed by atoms with Gasteiger partial charge in [-0.25, -0.2) is 0 Å². The molecule has 1 aliphatic rings. The van der Waals surface area contributed by atoms with E-state index in [0.717, 1.165) is 21.7 Å². The summed E-state index contributed by atoms with van der Waals surface area (Å²) in [5.74, 6) is 0.283. The van der Waals surface area contributed by atoms with E-state index in [2.05, 4.69) is 15.9 Å². The predicted molar refractivity (Wildman–Crippen MR) is 55.9 cm³/mol. The summed E-state index contributed by atoms with van der Waals surface area (Å²) in [5.41, 5.74) is 0. The second kappa shape index (κ2) is 4.09. The summed E-state index contributed by atoms with van der Waals surface area (Å²) >= 11 is 4.98. The second-order valence-corrected chi connectivity index (χ2v) is 5.70. The average molecular weight is 263 g/mol. The molecule has 2 atom stereocenters. The molecule has 0 bridgehead atoms. The summed E-state index contributed by atoms with van der Waals surface area (Å²) in [5, 5.41) is 9.94. The lowest BCUT2D eigenvalue weighted by atomic mass is 10.0. The Bertz CT molecular complexity index is 281. The van der Waals surface area contributed by atoms with Crippen LogP contribution in [-0.4, -0.2) is 18.3 Å². The zero-order valence-electron chi connectivity index (χ0n) is 7.07. The van der Waals surface area contributed by atoms with Gasteiger partial charge in [0.25, 0.3) is 0 Å². The first-order chi connectivity index (χ1) is 6.27. The average Bonchev–Trinajstić information content (AvgIpc) is 2.72. The molecule has 0 spiro atoms. The fraction of sp³-hybridized carbons (Fsp3) is 0.556. The minimum absolute atomic E-state index is 0.283. The molecule has 1 aromatic rings. The quantitative estimate of drug-likeness (QED) is 0.888. The van der Waals surface area contributed by atoms with Crippen molar-refractivity contribution in [3.05, 3.63) is 20.8 Å². The van der Waals surface area contributed by atoms with E-state index in [1.165, 1.54) is 0 Å². The van der Waals surface area contributed by atoms with Gasteiger partial charge in [-0.2, -0.15) is 0 Å². The van der Waals surface area contributed by atoms with Gasteiger partial charge in [0.1, 0.15) is 0 Å². The first kappa shape index (κ1) is 9.65. The lowest BCUT2D eigenvalue weighted by Crippen LogP contribution is -2.10. The van der Waals surface area contributed by atoms with E-state index < -0.39 is 0 Å². The third-order valence-electron chi connectivity index (χ3n) is 2.30. The zero-order valence-corrected chi connectivity index (χ0v) is 9.47. The fourth-order valence-corrected chi connectivity index (χ4v) is 3.02. The summed E-state index contributed by atoms with van der Waals surface area (Å²) in [6.07, 6.45) is 0.621. The summed E-state index contributed by atoms with van der Waals surface area (Å²) in [7, 11) is 0. The molecule has 2 unspecified atom stereocenters. The zero-order chi connectivity index (χ0) is 9.26. The number of aliphatic hydroxyl groups is 1. The Morgan fingerprint density at radius 2 is 2.46 bits per heavy atom. The minimum Gasteiger partial charge on any atom is -0.387 e. The standard InChI is InChI=1S/C9H11BrO2S/c10-8-2-1-7(13-8)9(11)6-3-4-12-5-6/h1-2,6,9,11H,3-5H2. The monoisotopic (exact) mass is 262 g/mol. The largest absolute Gasteiger partial charge is 0.387 e. The van der Waals surface area contributed by atoms with Crippen LogP contribution in [-0.2, 0) is 4.74 Å². The molecule has 4 heteroatoms. The maximum absolute atomic E-state index is 9.94. The Labute approximate surface area is 89.7 Å². The number of hydrogen-bond donors (Lipinski definition) is 1. The van der Waals surface area contributed by atoms with Crippen molar-refractivity contribution in [2.24, 2.45) is 5.92 Å². The number of hydrogen-bond acceptors (Lipinski definition) is 3. The number of aliphatic hydroxyl groups excluding tert-OH is 1. The van der Waals surface area contributed by atoms with E-state index in [1.807, 2.05) is 12.1 Å². The molecule has 0 radical (unpaired) electrons. The van der Waals surface area contributed by atoms with Crippen LogP contribution >= 0.6 is 27.3 Å². The van der Waals surface area contributed by atoms with Crippen LogP contribution < -0.4 is 0 Å². The highest BCUT2D eigenvalue weighted by molar-refractivity contribution is 9.11. The van der Waals surface area contributed by atoms with Gasteiger partial charge in [-0.1, -0.05) is 0 Å². The van der Waals surface area contributed by atoms with Crippen molar-refractivity contribution in [1.29, 1.82) is 0 Å². The molecule has 2 rings (SSSR count). The molecule has 1 aromatic heterocycles. The molecule has 13 heavy (non-hydrogen) atoms. The molecule has 72 valence electrons. The van der Waals surface area contributed by atoms with Crippen LogP contribution in [0.2, 0.25) is 0 Å². The fourth-order valence-electron chi connectivity index (χ4n) is 1.52. The molecular weight excluding hydrogens is 252 g/mol. The van der Waals surface area contributed by atoms with Gasteiger partial charge in [-0.3, -0.25) is 0 Å². The number of ether oxygens (including phenoxy) is 1. The van der Waals surface area contributed by atoms with Crippen molar-refractivity contribution < 1.29 is 9.84 Å². The van der Waals surface area contributed by atoms with Gasteiger partial charge in [0, 0.05) is 17.4 Å². The van der Waals surface area contributed by atoms with Crippen LogP contribution in [0.25, 0.3) is 0 Å². The molecule has 1 N–H and O–H groups in total. The lowest BCUT2D eigenvalue weighted by Gasteiger charge is -2.13. The molecule has 2 nitrogen and oxygen atoms in total. The van der Waals surface area contributed by atoms with Crippen molar-refractivity contribution >= 4 is 27.3 Å². The number of thiophene rings is 1. The second-order valence-electron chi connectivity index (χ2n) is 3.21. The van der Waals surface area contributed by atoms with Crippen LogP contribution in [0.5, 0.6) is 0 Å². The Balaban J connectivity index is 2.07. The summed E-state index contributed by atoms with van der Waals surface area (Å²) in [6.45, 7) is 1.48. The summed E-state index contributed by atoms with van der Waals surface area (Å²) in [4.78, 5) is 1.03. The maximum atomic E-state index is 9.94. The Kier molecular flexibility index (Phi) is 3.03. The van der Waals surface area contributed by atoms with E-state index in [-0.39, 0.29) is 12.0 Å². The summed E-state index contributed by atoms with van der Waals surface area (Å²) in [6, 6.07) is 3.94. The van der Waals surface area contributed by atoms with Crippen LogP contribution in [0.4, 0.5) is 0 Å². The number of halogens is 1. The normalized spacial score (nSPS) is 24.9. The van der Waals surface area contributed by atoms with Gasteiger partial charge in [-0.05, 0) is 34.5 Å². The topological polar surface area (TPSA) is 29.5 Å². The third-order valence-corrected chi connectivity index (χ3v) is 3.99. The van der Waals surface area contributed by atoms with E-state index in [4.69, 9.17) is 4.74 Å². The highest BCUT2D eigenvalue weighted by atomic mass is 79.9. The smallest absolute Gasteiger partial charge is 0.0933 e. The van der Waals surface area contributed by atoms with Crippen molar-refractivity contribution in [2.75, 3.05) is 13.2 Å². The van der Waals surface area contributed by atoms with Gasteiger partial charge >= 0.3 is 0 Å². The Morgan fingerprint density at radius 1 is 1.62 bits per heavy atom. The molecule has 1 fully saturated rings. The van der Waals surface area contributed by atoms with Crippen molar-refractivity contribution in [3.63, 3.8) is 0 Å². The first-order valence-electron chi connectivity index (χ1n) is 4.28. The van der Waals surface area contributed by atoms with Crippen LogP contribution in [0, 0.1) is 5.92 Å². The maximum Gasteiger partial charge on any atom is 0.0933 e. The highest BCUT2D eigenvalue weighted by Crippen LogP contribution is 2.34. The molecule has 0 amide bonds. The van der Waals surface area contributed by atoms with E-state index in [1.54, 1.807) is 11.3 Å². The van der Waals surface area contributed by atoms with E-state index in [0.29, 0.717) is 6.61 Å². The SMILES string of the molecule is OC(c1ccc(Br)s1)C1CCOC1. The van der Waals surface area contributed by atoms with Crippen LogP contribution in [0.1, 0.15) is 17.4 Å². The molecular formula is C9H11BrO2S. The predicted octanol–water partition coefficient (Wildman–Crippen LogP) is 2.58. The molecule has 1 aliphatic heterocycles. The van der Waals surface area contributed by atoms with Gasteiger partial charge in [-0.15, -0.1) is 11.3 Å². The molecule has 2 heterocycles. The van der Waals surface area contributed by atoms with Crippen molar-refractivity contribution in [2.45, 2.75) is 12.5 Å². The number of rotatable bonds is 2. The van der Waals surface area contributed by atoms with Crippen LogP contribution in [0.3, 0.4) is 0 Å². The summed E-state index contributed by atoms with van der Waals surface area (Å²) < 4.78 is 6.31. The van der Waals surface area contributed by atoms with Gasteiger partial charge in [0.15, 0.2) is 0 Å². The molecule has 0 saturated carbocycles. The van der Waals surface area contributed by atoms with E-state index >= 15 is 0 Å².